The van der Waals surface area contributed by atoms with Gasteiger partial charge in [0.25, 0.3) is 0 Å². The van der Waals surface area contributed by atoms with E-state index in [1.54, 1.807) is 19.8 Å². The summed E-state index contributed by atoms with van der Waals surface area (Å²) in [6.45, 7) is 3.70. The molecule has 3 N–H and O–H groups in total. The molecule has 0 spiro atoms. The molecule has 0 aliphatic carbocycles. The number of ether oxygens (including phenoxy) is 1. The third kappa shape index (κ3) is 4.49. The first-order valence-electron chi connectivity index (χ1n) is 6.74. The van der Waals surface area contributed by atoms with E-state index in [2.05, 4.69) is 20.3 Å². The van der Waals surface area contributed by atoms with Gasteiger partial charge in [-0.15, -0.1) is 0 Å². The highest BCUT2D eigenvalue weighted by Crippen LogP contribution is 2.30. The lowest BCUT2D eigenvalue weighted by atomic mass is 10.2. The van der Waals surface area contributed by atoms with Crippen molar-refractivity contribution in [1.29, 1.82) is 0 Å². The molecule has 9 heteroatoms. The zero-order chi connectivity index (χ0) is 15.2. The second kappa shape index (κ2) is 7.49. The number of hydrogen-bond donors (Lipinski definition) is 2. The van der Waals surface area contributed by atoms with Crippen molar-refractivity contribution in [2.75, 3.05) is 24.3 Å². The van der Waals surface area contributed by atoms with Crippen LogP contribution in [0.1, 0.15) is 19.8 Å². The van der Waals surface area contributed by atoms with E-state index < -0.39 is 8.03 Å². The van der Waals surface area contributed by atoms with Crippen LogP contribution < -0.4 is 11.1 Å². The van der Waals surface area contributed by atoms with E-state index in [-0.39, 0.29) is 12.3 Å². The first-order valence-corrected chi connectivity index (χ1v) is 8.56. The Bertz CT molecular complexity index is 540. The summed E-state index contributed by atoms with van der Waals surface area (Å²) in [6.07, 6.45) is 4.39. The van der Waals surface area contributed by atoms with Gasteiger partial charge >= 0.3 is 0 Å². The van der Waals surface area contributed by atoms with E-state index >= 15 is 0 Å². The van der Waals surface area contributed by atoms with Crippen LogP contribution in [0.25, 0.3) is 0 Å². The number of aliphatic imine (C=N–C) groups is 1. The number of nitrogens with zero attached hydrogens (tertiary/aromatic N) is 3. The molecule has 1 aliphatic rings. The first-order chi connectivity index (χ1) is 10.1. The number of nitrogen functional groups attached to an aromatic ring is 1. The highest BCUT2D eigenvalue weighted by Gasteiger charge is 2.26. The number of nitrogens with two attached hydrogens (primary N) is 1. The van der Waals surface area contributed by atoms with Gasteiger partial charge in [0.2, 0.25) is 0 Å². The maximum Gasteiger partial charge on any atom is 0.188 e. The number of anilines is 2. The molecule has 1 aliphatic heterocycles. The van der Waals surface area contributed by atoms with Crippen LogP contribution >= 0.6 is 8.03 Å². The predicted molar refractivity (Wildman–Crippen MR) is 82.7 cm³/mol. The Morgan fingerprint density at radius 2 is 2.43 bits per heavy atom. The quantitative estimate of drug-likeness (QED) is 0.608. The van der Waals surface area contributed by atoms with Crippen LogP contribution in [0, 0.1) is 0 Å². The minimum atomic E-state index is -1.92. The summed E-state index contributed by atoms with van der Waals surface area (Å²) in [5.74, 6) is 0.851. The van der Waals surface area contributed by atoms with Crippen LogP contribution in [-0.4, -0.2) is 41.8 Å². The molecule has 2 unspecified atom stereocenters. The smallest absolute Gasteiger partial charge is 0.188 e. The SMILES string of the molecule is C/C=N\c1c(N)ncnc1NC1CC[C@@H](CO[PH](C)=O)O1. The number of hydrogen-bond acceptors (Lipinski definition) is 8. The van der Waals surface area contributed by atoms with Crippen molar-refractivity contribution < 1.29 is 13.8 Å². The van der Waals surface area contributed by atoms with Gasteiger partial charge in [0, 0.05) is 12.9 Å². The lowest BCUT2D eigenvalue weighted by Crippen LogP contribution is -2.22. The molecule has 2 rings (SSSR count). The predicted octanol–water partition coefficient (Wildman–Crippen LogP) is 1.82. The monoisotopic (exact) mass is 313 g/mol. The maximum absolute atomic E-state index is 11.0. The van der Waals surface area contributed by atoms with Crippen molar-refractivity contribution in [3.63, 3.8) is 0 Å². The molecule has 0 saturated carbocycles. The summed E-state index contributed by atoms with van der Waals surface area (Å²) in [6, 6.07) is 0. The fraction of sp³-hybridized carbons (Fsp3) is 0.583. The van der Waals surface area contributed by atoms with Crippen LogP contribution in [0.15, 0.2) is 11.3 Å². The van der Waals surface area contributed by atoms with E-state index in [9.17, 15) is 4.57 Å². The Morgan fingerprint density at radius 3 is 3.14 bits per heavy atom. The van der Waals surface area contributed by atoms with E-state index in [1.165, 1.54) is 6.33 Å². The van der Waals surface area contributed by atoms with Gasteiger partial charge in [0.1, 0.15) is 18.2 Å². The van der Waals surface area contributed by atoms with Crippen molar-refractivity contribution in [3.05, 3.63) is 6.33 Å². The minimum absolute atomic E-state index is 0.0614. The van der Waals surface area contributed by atoms with Crippen molar-refractivity contribution in [2.45, 2.75) is 32.1 Å². The molecule has 0 amide bonds. The van der Waals surface area contributed by atoms with Crippen LogP contribution in [0.2, 0.25) is 0 Å². The van der Waals surface area contributed by atoms with E-state index in [0.29, 0.717) is 23.9 Å². The Morgan fingerprint density at radius 1 is 1.62 bits per heavy atom. The molecule has 21 heavy (non-hydrogen) atoms. The van der Waals surface area contributed by atoms with E-state index in [4.69, 9.17) is 15.0 Å². The summed E-state index contributed by atoms with van der Waals surface area (Å²) in [5.41, 5.74) is 6.29. The molecule has 1 aromatic heterocycles. The molecule has 0 radical (unpaired) electrons. The van der Waals surface area contributed by atoms with Gasteiger partial charge in [0.15, 0.2) is 19.7 Å². The van der Waals surface area contributed by atoms with Gasteiger partial charge in [-0.2, -0.15) is 0 Å². The maximum atomic E-state index is 11.0. The molecule has 0 aromatic carbocycles. The topological polar surface area (TPSA) is 112 Å². The Balaban J connectivity index is 1.97. The van der Waals surface area contributed by atoms with Gasteiger partial charge in [-0.25, -0.2) is 9.97 Å². The average molecular weight is 313 g/mol. The zero-order valence-electron chi connectivity index (χ0n) is 12.1. The molecule has 1 aromatic rings. The molecule has 1 saturated heterocycles. The Labute approximate surface area is 124 Å². The molecular weight excluding hydrogens is 293 g/mol. The molecule has 8 nitrogen and oxygen atoms in total. The van der Waals surface area contributed by atoms with Crippen molar-refractivity contribution in [3.8, 4) is 0 Å². The molecule has 3 atom stereocenters. The Kier molecular flexibility index (Phi) is 5.67. The van der Waals surface area contributed by atoms with E-state index in [1.807, 2.05) is 0 Å². The first kappa shape index (κ1) is 15.9. The molecule has 0 bridgehead atoms. The number of rotatable bonds is 6. The van der Waals surface area contributed by atoms with E-state index in [0.717, 1.165) is 12.8 Å². The summed E-state index contributed by atoms with van der Waals surface area (Å²) >= 11 is 0. The second-order valence-corrected chi connectivity index (χ2v) is 5.89. The van der Waals surface area contributed by atoms with Gasteiger partial charge in [-0.05, 0) is 19.8 Å². The second-order valence-electron chi connectivity index (χ2n) is 4.61. The summed E-state index contributed by atoms with van der Waals surface area (Å²) < 4.78 is 21.9. The molecule has 1 fully saturated rings. The van der Waals surface area contributed by atoms with Gasteiger partial charge in [0.05, 0.1) is 12.7 Å². The van der Waals surface area contributed by atoms with Crippen LogP contribution in [0.5, 0.6) is 0 Å². The third-order valence-electron chi connectivity index (χ3n) is 2.99. The van der Waals surface area contributed by atoms with Crippen LogP contribution in [0.3, 0.4) is 0 Å². The van der Waals surface area contributed by atoms with Crippen molar-refractivity contribution in [1.82, 2.24) is 9.97 Å². The van der Waals surface area contributed by atoms with Crippen molar-refractivity contribution >= 4 is 31.6 Å². The third-order valence-corrected chi connectivity index (χ3v) is 3.56. The molecule has 2 heterocycles. The number of aromatic nitrogens is 2. The van der Waals surface area contributed by atoms with Crippen molar-refractivity contribution in [2.24, 2.45) is 4.99 Å². The average Bonchev–Trinajstić information content (AvgIpc) is 2.88. The molecular formula is C12H20N5O3P. The standard InChI is InChI=1S/C12H20N5O3P/c1-3-14-10-11(13)15-7-16-12(10)17-9-5-4-8(20-9)6-19-21(2)18/h3,7-9,21H,4-6H2,1-2H3,(H3,13,15,16,17)/b14-3-/t8-,9?/m0/s1. The molecule has 116 valence electrons. The van der Waals surface area contributed by atoms with Gasteiger partial charge in [-0.3, -0.25) is 9.56 Å². The zero-order valence-corrected chi connectivity index (χ0v) is 13.1. The summed E-state index contributed by atoms with van der Waals surface area (Å²) in [4.78, 5) is 12.2. The Hall–Kier alpha value is -1.50. The van der Waals surface area contributed by atoms with Gasteiger partial charge in [-0.1, -0.05) is 0 Å². The normalized spacial score (nSPS) is 23.5. The summed E-state index contributed by atoms with van der Waals surface area (Å²) in [5, 5.41) is 3.16. The number of nitrogens with one attached hydrogen (secondary N) is 1. The lowest BCUT2D eigenvalue weighted by molar-refractivity contribution is 0.0323. The fourth-order valence-corrected chi connectivity index (χ4v) is 2.47. The lowest BCUT2D eigenvalue weighted by Gasteiger charge is -2.16. The summed E-state index contributed by atoms with van der Waals surface area (Å²) in [7, 11) is -1.92. The van der Waals surface area contributed by atoms with Crippen LogP contribution in [0.4, 0.5) is 17.3 Å². The highest BCUT2D eigenvalue weighted by molar-refractivity contribution is 7.38. The largest absolute Gasteiger partial charge is 0.382 e. The highest BCUT2D eigenvalue weighted by atomic mass is 31.1. The fourth-order valence-electron chi connectivity index (χ4n) is 2.05. The van der Waals surface area contributed by atoms with Gasteiger partial charge < -0.3 is 20.3 Å². The van der Waals surface area contributed by atoms with Crippen LogP contribution in [-0.2, 0) is 13.8 Å². The minimum Gasteiger partial charge on any atom is -0.382 e.